The molecule has 0 radical (unpaired) electrons. The minimum Gasteiger partial charge on any atom is -0.301 e. The molecule has 2 rings (SSSR count). The van der Waals surface area contributed by atoms with Gasteiger partial charge in [-0.05, 0) is 12.1 Å². The third kappa shape index (κ3) is 1.98. The van der Waals surface area contributed by atoms with E-state index in [0.717, 1.165) is 12.3 Å². The molecule has 1 atom stereocenters. The van der Waals surface area contributed by atoms with E-state index in [9.17, 15) is 4.39 Å². The van der Waals surface area contributed by atoms with E-state index in [1.54, 1.807) is 23.9 Å². The van der Waals surface area contributed by atoms with Gasteiger partial charge in [0.05, 0.1) is 5.37 Å². The maximum atomic E-state index is 13.4. The molecule has 1 N–H and O–H groups in total. The number of hydrogen-bond donors (Lipinski definition) is 1. The first-order valence-corrected chi connectivity index (χ1v) is 5.50. The molecular weight excluding hydrogens is 209 g/mol. The van der Waals surface area contributed by atoms with Crippen molar-refractivity contribution in [2.24, 2.45) is 0 Å². The van der Waals surface area contributed by atoms with E-state index in [2.05, 4.69) is 5.32 Å². The van der Waals surface area contributed by atoms with Crippen LogP contribution in [0.15, 0.2) is 18.2 Å². The van der Waals surface area contributed by atoms with Crippen molar-refractivity contribution in [2.75, 3.05) is 12.3 Å². The summed E-state index contributed by atoms with van der Waals surface area (Å²) in [4.78, 5) is 0. The van der Waals surface area contributed by atoms with Crippen LogP contribution in [0.5, 0.6) is 0 Å². The molecule has 1 saturated heterocycles. The predicted molar refractivity (Wildman–Crippen MR) is 54.6 cm³/mol. The van der Waals surface area contributed by atoms with E-state index in [0.29, 0.717) is 10.6 Å². The van der Waals surface area contributed by atoms with Gasteiger partial charge in [0.15, 0.2) is 0 Å². The molecule has 0 spiro atoms. The summed E-state index contributed by atoms with van der Waals surface area (Å²) >= 11 is 7.38. The third-order valence-electron chi connectivity index (χ3n) is 1.96. The Balaban J connectivity index is 2.29. The van der Waals surface area contributed by atoms with Gasteiger partial charge in [0.1, 0.15) is 5.82 Å². The zero-order valence-electron chi connectivity index (χ0n) is 6.89. The first-order chi connectivity index (χ1) is 6.27. The molecule has 1 aromatic rings. The van der Waals surface area contributed by atoms with Crippen LogP contribution in [0.3, 0.4) is 0 Å². The molecule has 1 aromatic carbocycles. The van der Waals surface area contributed by atoms with Gasteiger partial charge >= 0.3 is 0 Å². The minimum atomic E-state index is -0.223. The minimum absolute atomic E-state index is 0.0947. The molecule has 1 fully saturated rings. The molecule has 4 heteroatoms. The molecule has 0 aromatic heterocycles. The van der Waals surface area contributed by atoms with Crippen molar-refractivity contribution in [2.45, 2.75) is 5.37 Å². The summed E-state index contributed by atoms with van der Waals surface area (Å²) < 4.78 is 13.4. The molecule has 1 unspecified atom stereocenters. The van der Waals surface area contributed by atoms with Crippen LogP contribution in [-0.4, -0.2) is 12.3 Å². The van der Waals surface area contributed by atoms with Crippen molar-refractivity contribution in [3.05, 3.63) is 34.6 Å². The SMILES string of the molecule is Fc1cc(Cl)ccc1C1NCCS1. The van der Waals surface area contributed by atoms with Crippen LogP contribution in [0.2, 0.25) is 5.02 Å². The van der Waals surface area contributed by atoms with E-state index in [-0.39, 0.29) is 11.2 Å². The highest BCUT2D eigenvalue weighted by Crippen LogP contribution is 2.32. The van der Waals surface area contributed by atoms with Crippen molar-refractivity contribution in [1.82, 2.24) is 5.32 Å². The van der Waals surface area contributed by atoms with Crippen LogP contribution in [-0.2, 0) is 0 Å². The van der Waals surface area contributed by atoms with E-state index < -0.39 is 0 Å². The lowest BCUT2D eigenvalue weighted by molar-refractivity contribution is 0.595. The molecule has 13 heavy (non-hydrogen) atoms. The van der Waals surface area contributed by atoms with Crippen LogP contribution >= 0.6 is 23.4 Å². The summed E-state index contributed by atoms with van der Waals surface area (Å²) in [5.74, 6) is 0.812. The van der Waals surface area contributed by atoms with Gasteiger partial charge in [0.25, 0.3) is 0 Å². The largest absolute Gasteiger partial charge is 0.301 e. The summed E-state index contributed by atoms with van der Waals surface area (Å²) in [6.45, 7) is 0.942. The van der Waals surface area contributed by atoms with Gasteiger partial charge in [-0.3, -0.25) is 0 Å². The first-order valence-electron chi connectivity index (χ1n) is 4.07. The highest BCUT2D eigenvalue weighted by Gasteiger charge is 2.19. The smallest absolute Gasteiger partial charge is 0.130 e. The lowest BCUT2D eigenvalue weighted by atomic mass is 10.2. The normalized spacial score (nSPS) is 22.2. The Morgan fingerprint density at radius 2 is 2.38 bits per heavy atom. The average Bonchev–Trinajstić information content (AvgIpc) is 2.56. The number of thioether (sulfide) groups is 1. The van der Waals surface area contributed by atoms with Gasteiger partial charge in [0, 0.05) is 22.9 Å². The molecule has 1 aliphatic rings. The molecule has 0 bridgehead atoms. The summed E-state index contributed by atoms with van der Waals surface area (Å²) in [6, 6.07) is 4.83. The molecular formula is C9H9ClFNS. The number of benzene rings is 1. The van der Waals surface area contributed by atoms with E-state index in [1.807, 2.05) is 0 Å². The number of rotatable bonds is 1. The monoisotopic (exact) mass is 217 g/mol. The van der Waals surface area contributed by atoms with Crippen LogP contribution in [0.1, 0.15) is 10.9 Å². The second-order valence-corrected chi connectivity index (χ2v) is 4.52. The maximum absolute atomic E-state index is 13.4. The Morgan fingerprint density at radius 3 is 3.00 bits per heavy atom. The van der Waals surface area contributed by atoms with Crippen molar-refractivity contribution >= 4 is 23.4 Å². The summed E-state index contributed by atoms with van der Waals surface area (Å²) in [7, 11) is 0. The molecule has 1 heterocycles. The van der Waals surface area contributed by atoms with Crippen LogP contribution in [0.25, 0.3) is 0 Å². The van der Waals surface area contributed by atoms with Gasteiger partial charge < -0.3 is 5.32 Å². The summed E-state index contributed by atoms with van der Waals surface area (Å²) in [6.07, 6.45) is 0. The number of hydrogen-bond acceptors (Lipinski definition) is 2. The third-order valence-corrected chi connectivity index (χ3v) is 3.39. The fourth-order valence-corrected chi connectivity index (χ4v) is 2.58. The Morgan fingerprint density at radius 1 is 1.54 bits per heavy atom. The van der Waals surface area contributed by atoms with E-state index in [1.165, 1.54) is 6.07 Å². The lowest BCUT2D eigenvalue weighted by Crippen LogP contribution is -2.13. The van der Waals surface area contributed by atoms with Gasteiger partial charge in [-0.15, -0.1) is 11.8 Å². The fraction of sp³-hybridized carbons (Fsp3) is 0.333. The number of halogens is 2. The Hall–Kier alpha value is -0.250. The second kappa shape index (κ2) is 3.86. The first kappa shape index (κ1) is 9.31. The standard InChI is InChI=1S/C9H9ClFNS/c10-6-1-2-7(8(11)5-6)9-12-3-4-13-9/h1-2,5,9,12H,3-4H2. The average molecular weight is 218 g/mol. The van der Waals surface area contributed by atoms with Crippen LogP contribution in [0.4, 0.5) is 4.39 Å². The topological polar surface area (TPSA) is 12.0 Å². The highest BCUT2D eigenvalue weighted by atomic mass is 35.5. The molecule has 0 saturated carbocycles. The fourth-order valence-electron chi connectivity index (χ4n) is 1.34. The van der Waals surface area contributed by atoms with Crippen LogP contribution < -0.4 is 5.32 Å². The Bertz CT molecular complexity index is 312. The van der Waals surface area contributed by atoms with Crippen molar-refractivity contribution < 1.29 is 4.39 Å². The summed E-state index contributed by atoms with van der Waals surface area (Å²) in [5.41, 5.74) is 0.701. The predicted octanol–water partition coefficient (Wildman–Crippen LogP) is 2.81. The van der Waals surface area contributed by atoms with Crippen LogP contribution in [0, 0.1) is 5.82 Å². The highest BCUT2D eigenvalue weighted by molar-refractivity contribution is 7.99. The lowest BCUT2D eigenvalue weighted by Gasteiger charge is -2.10. The molecule has 1 aliphatic heterocycles. The van der Waals surface area contributed by atoms with E-state index in [4.69, 9.17) is 11.6 Å². The van der Waals surface area contributed by atoms with E-state index >= 15 is 0 Å². The summed E-state index contributed by atoms with van der Waals surface area (Å²) in [5, 5.41) is 3.76. The maximum Gasteiger partial charge on any atom is 0.130 e. The quantitative estimate of drug-likeness (QED) is 0.777. The number of nitrogens with one attached hydrogen (secondary N) is 1. The van der Waals surface area contributed by atoms with Crippen molar-refractivity contribution in [1.29, 1.82) is 0 Å². The Labute approximate surface area is 85.7 Å². The molecule has 1 nitrogen and oxygen atoms in total. The zero-order valence-corrected chi connectivity index (χ0v) is 8.46. The van der Waals surface area contributed by atoms with Gasteiger partial charge in [-0.2, -0.15) is 0 Å². The van der Waals surface area contributed by atoms with Gasteiger partial charge in [0.2, 0.25) is 0 Å². The van der Waals surface area contributed by atoms with Crippen molar-refractivity contribution in [3.8, 4) is 0 Å². The molecule has 70 valence electrons. The molecule has 0 aliphatic carbocycles. The van der Waals surface area contributed by atoms with Gasteiger partial charge in [-0.25, -0.2) is 4.39 Å². The molecule has 0 amide bonds. The second-order valence-electron chi connectivity index (χ2n) is 2.87. The Kier molecular flexibility index (Phi) is 2.77. The zero-order chi connectivity index (χ0) is 9.26. The van der Waals surface area contributed by atoms with Crippen molar-refractivity contribution in [3.63, 3.8) is 0 Å². The van der Waals surface area contributed by atoms with Gasteiger partial charge in [-0.1, -0.05) is 17.7 Å².